The van der Waals surface area contributed by atoms with Crippen LogP contribution in [0.15, 0.2) is 42.5 Å². The van der Waals surface area contributed by atoms with E-state index < -0.39 is 18.0 Å². The maximum absolute atomic E-state index is 11.5. The summed E-state index contributed by atoms with van der Waals surface area (Å²) in [5, 5.41) is 9.49. The molecule has 0 aliphatic rings. The molecule has 0 heterocycles. The van der Waals surface area contributed by atoms with E-state index in [0.717, 1.165) is 6.08 Å². The molecule has 0 aliphatic carbocycles. The van der Waals surface area contributed by atoms with Gasteiger partial charge in [0.25, 0.3) is 0 Å². The lowest BCUT2D eigenvalue weighted by Gasteiger charge is -2.07. The number of carbonyl (C=O) groups excluding carboxylic acids is 2. The highest BCUT2D eigenvalue weighted by atomic mass is 16.5. The van der Waals surface area contributed by atoms with Crippen molar-refractivity contribution in [3.05, 3.63) is 48.0 Å². The molecule has 5 nitrogen and oxygen atoms in total. The highest BCUT2D eigenvalue weighted by molar-refractivity contribution is 5.89. The zero-order valence-electron chi connectivity index (χ0n) is 10.6. The zero-order valence-corrected chi connectivity index (χ0v) is 10.6. The van der Waals surface area contributed by atoms with Gasteiger partial charge in [0, 0.05) is 12.5 Å². The number of benzene rings is 1. The highest BCUT2D eigenvalue weighted by Gasteiger charge is 2.07. The molecule has 0 bridgehead atoms. The van der Waals surface area contributed by atoms with Gasteiger partial charge in [0.05, 0.1) is 25.4 Å². The lowest BCUT2D eigenvalue weighted by molar-refractivity contribution is -0.134. The van der Waals surface area contributed by atoms with Gasteiger partial charge in [-0.1, -0.05) is 18.2 Å². The van der Waals surface area contributed by atoms with Crippen LogP contribution in [-0.4, -0.2) is 36.9 Å². The Morgan fingerprint density at radius 3 is 2.63 bits per heavy atom. The fourth-order valence-electron chi connectivity index (χ4n) is 1.28. The molecule has 0 saturated heterocycles. The van der Waals surface area contributed by atoms with Crippen LogP contribution >= 0.6 is 0 Å². The average Bonchev–Trinajstić information content (AvgIpc) is 2.45. The van der Waals surface area contributed by atoms with E-state index in [1.165, 1.54) is 13.2 Å². The van der Waals surface area contributed by atoms with Gasteiger partial charge in [0.15, 0.2) is 0 Å². The maximum Gasteiger partial charge on any atom is 0.338 e. The second-order valence-electron chi connectivity index (χ2n) is 3.74. The third-order valence-electron chi connectivity index (χ3n) is 2.31. The SMILES string of the molecule is COC(=O)/C=C/C(O)CCOC(=O)c1ccccc1. The topological polar surface area (TPSA) is 72.8 Å². The molecule has 19 heavy (non-hydrogen) atoms. The summed E-state index contributed by atoms with van der Waals surface area (Å²) in [4.78, 5) is 22.3. The fourth-order valence-corrected chi connectivity index (χ4v) is 1.28. The number of esters is 2. The quantitative estimate of drug-likeness (QED) is 0.619. The van der Waals surface area contributed by atoms with Crippen molar-refractivity contribution in [2.45, 2.75) is 12.5 Å². The smallest absolute Gasteiger partial charge is 0.338 e. The number of hydrogen-bond acceptors (Lipinski definition) is 5. The first-order chi connectivity index (χ1) is 9.13. The Labute approximate surface area is 111 Å². The standard InChI is InChI=1S/C14H16O5/c1-18-13(16)8-7-12(15)9-10-19-14(17)11-5-3-2-4-6-11/h2-8,12,15H,9-10H2,1H3/b8-7+. The predicted molar refractivity (Wildman–Crippen MR) is 68.5 cm³/mol. The molecular weight excluding hydrogens is 248 g/mol. The summed E-state index contributed by atoms with van der Waals surface area (Å²) in [5.41, 5.74) is 0.460. The number of aliphatic hydroxyl groups is 1. The van der Waals surface area contributed by atoms with Crippen LogP contribution in [0.1, 0.15) is 16.8 Å². The van der Waals surface area contributed by atoms with Crippen molar-refractivity contribution in [2.75, 3.05) is 13.7 Å². The highest BCUT2D eigenvalue weighted by Crippen LogP contribution is 2.02. The van der Waals surface area contributed by atoms with Crippen molar-refractivity contribution in [2.24, 2.45) is 0 Å². The molecule has 0 spiro atoms. The number of rotatable bonds is 6. The Hall–Kier alpha value is -2.14. The van der Waals surface area contributed by atoms with Crippen LogP contribution in [0, 0.1) is 0 Å². The summed E-state index contributed by atoms with van der Waals surface area (Å²) >= 11 is 0. The van der Waals surface area contributed by atoms with Crippen LogP contribution in [-0.2, 0) is 14.3 Å². The fraction of sp³-hybridized carbons (Fsp3) is 0.286. The minimum absolute atomic E-state index is 0.0698. The molecule has 0 aliphatic heterocycles. The van der Waals surface area contributed by atoms with E-state index in [0.29, 0.717) is 5.56 Å². The number of methoxy groups -OCH3 is 1. The molecule has 0 saturated carbocycles. The normalized spacial score (nSPS) is 12.1. The summed E-state index contributed by atoms with van der Waals surface area (Å²) < 4.78 is 9.36. The van der Waals surface area contributed by atoms with Crippen molar-refractivity contribution in [3.8, 4) is 0 Å². The largest absolute Gasteiger partial charge is 0.466 e. The Bertz CT molecular complexity index is 438. The first-order valence-electron chi connectivity index (χ1n) is 5.80. The maximum atomic E-state index is 11.5. The lowest BCUT2D eigenvalue weighted by Crippen LogP contribution is -2.12. The van der Waals surface area contributed by atoms with Crippen LogP contribution in [0.4, 0.5) is 0 Å². The number of aliphatic hydroxyl groups excluding tert-OH is 1. The van der Waals surface area contributed by atoms with Crippen molar-refractivity contribution in [3.63, 3.8) is 0 Å². The second kappa shape index (κ2) is 8.05. The zero-order chi connectivity index (χ0) is 14.1. The van der Waals surface area contributed by atoms with Gasteiger partial charge in [-0.2, -0.15) is 0 Å². The van der Waals surface area contributed by atoms with Crippen LogP contribution in [0.5, 0.6) is 0 Å². The molecule has 102 valence electrons. The molecule has 0 amide bonds. The molecule has 0 radical (unpaired) electrons. The van der Waals surface area contributed by atoms with E-state index >= 15 is 0 Å². The Morgan fingerprint density at radius 1 is 1.32 bits per heavy atom. The van der Waals surface area contributed by atoms with E-state index in [9.17, 15) is 14.7 Å². The Kier molecular flexibility index (Phi) is 6.32. The summed E-state index contributed by atoms with van der Waals surface area (Å²) in [6, 6.07) is 8.58. The van der Waals surface area contributed by atoms with Crippen LogP contribution < -0.4 is 0 Å². The van der Waals surface area contributed by atoms with Crippen LogP contribution in [0.2, 0.25) is 0 Å². The lowest BCUT2D eigenvalue weighted by atomic mass is 10.2. The molecule has 1 rings (SSSR count). The van der Waals surface area contributed by atoms with Crippen LogP contribution in [0.3, 0.4) is 0 Å². The summed E-state index contributed by atoms with van der Waals surface area (Å²) in [6.07, 6.45) is 1.78. The molecule has 1 aromatic carbocycles. The van der Waals surface area contributed by atoms with Crippen LogP contribution in [0.25, 0.3) is 0 Å². The third-order valence-corrected chi connectivity index (χ3v) is 2.31. The number of carbonyl (C=O) groups is 2. The van der Waals surface area contributed by atoms with Gasteiger partial charge in [-0.15, -0.1) is 0 Å². The Balaban J connectivity index is 2.29. The van der Waals surface area contributed by atoms with Crippen molar-refractivity contribution >= 4 is 11.9 Å². The first-order valence-corrected chi connectivity index (χ1v) is 5.80. The molecule has 1 atom stereocenters. The molecule has 0 aromatic heterocycles. The second-order valence-corrected chi connectivity index (χ2v) is 3.74. The monoisotopic (exact) mass is 264 g/mol. The third kappa shape index (κ3) is 5.83. The number of hydrogen-bond donors (Lipinski definition) is 1. The minimum Gasteiger partial charge on any atom is -0.466 e. The first kappa shape index (κ1) is 14.9. The van der Waals surface area contributed by atoms with Crippen molar-refractivity contribution in [1.29, 1.82) is 0 Å². The van der Waals surface area contributed by atoms with E-state index in [4.69, 9.17) is 4.74 Å². The summed E-state index contributed by atoms with van der Waals surface area (Å²) in [6.45, 7) is 0.0698. The average molecular weight is 264 g/mol. The van der Waals surface area contributed by atoms with Gasteiger partial charge in [-0.05, 0) is 18.2 Å². The van der Waals surface area contributed by atoms with E-state index in [2.05, 4.69) is 4.74 Å². The predicted octanol–water partition coefficient (Wildman–Crippen LogP) is 1.32. The van der Waals surface area contributed by atoms with Gasteiger partial charge < -0.3 is 14.6 Å². The minimum atomic E-state index is -0.859. The molecule has 5 heteroatoms. The van der Waals surface area contributed by atoms with E-state index in [-0.39, 0.29) is 13.0 Å². The van der Waals surface area contributed by atoms with Gasteiger partial charge in [0.1, 0.15) is 0 Å². The van der Waals surface area contributed by atoms with Gasteiger partial charge in [-0.25, -0.2) is 9.59 Å². The van der Waals surface area contributed by atoms with Gasteiger partial charge in [0.2, 0.25) is 0 Å². The molecule has 1 aromatic rings. The van der Waals surface area contributed by atoms with Gasteiger partial charge >= 0.3 is 11.9 Å². The van der Waals surface area contributed by atoms with Gasteiger partial charge in [-0.3, -0.25) is 0 Å². The van der Waals surface area contributed by atoms with Crippen molar-refractivity contribution in [1.82, 2.24) is 0 Å². The molecule has 0 fully saturated rings. The summed E-state index contributed by atoms with van der Waals surface area (Å²) in [7, 11) is 1.25. The molecule has 1 unspecified atom stereocenters. The Morgan fingerprint density at radius 2 is 2.00 bits per heavy atom. The summed E-state index contributed by atoms with van der Waals surface area (Å²) in [5.74, 6) is -0.981. The molecular formula is C14H16O5. The number of ether oxygens (including phenoxy) is 2. The molecule has 1 N–H and O–H groups in total. The van der Waals surface area contributed by atoms with E-state index in [1.54, 1.807) is 30.3 Å². The van der Waals surface area contributed by atoms with E-state index in [1.807, 2.05) is 0 Å². The van der Waals surface area contributed by atoms with Crippen molar-refractivity contribution < 1.29 is 24.2 Å².